The molecule has 20 heavy (non-hydrogen) atoms. The van der Waals surface area contributed by atoms with E-state index in [0.717, 1.165) is 6.07 Å². The highest BCUT2D eigenvalue weighted by atomic mass is 32.2. The molecule has 0 aliphatic heterocycles. The number of aromatic carboxylic acids is 1. The average molecular weight is 303 g/mol. The molecule has 0 aliphatic rings. The molecule has 1 rings (SSSR count). The van der Waals surface area contributed by atoms with Crippen LogP contribution in [0.25, 0.3) is 0 Å². The molecule has 1 aromatic carbocycles. The average Bonchev–Trinajstić information content (AvgIpc) is 2.43. The lowest BCUT2D eigenvalue weighted by atomic mass is 10.2. The van der Waals surface area contributed by atoms with Gasteiger partial charge in [-0.2, -0.15) is 0 Å². The number of methoxy groups -OCH3 is 1. The molecule has 112 valence electrons. The maximum absolute atomic E-state index is 12.1. The molecule has 0 bridgehead atoms. The van der Waals surface area contributed by atoms with E-state index in [1.807, 2.05) is 0 Å². The lowest BCUT2D eigenvalue weighted by Crippen LogP contribution is -2.36. The van der Waals surface area contributed by atoms with Crippen molar-refractivity contribution in [2.24, 2.45) is 0 Å². The number of benzene rings is 1. The Balaban J connectivity index is 3.19. The van der Waals surface area contributed by atoms with Crippen LogP contribution in [0.1, 0.15) is 23.7 Å². The topological polar surface area (TPSA) is 113 Å². The molecule has 3 N–H and O–H groups in total. The molecular weight excluding hydrogens is 286 g/mol. The summed E-state index contributed by atoms with van der Waals surface area (Å²) in [5, 5.41) is 18.0. The van der Waals surface area contributed by atoms with Crippen molar-refractivity contribution in [3.63, 3.8) is 0 Å². The number of carbonyl (C=O) groups is 1. The molecule has 0 radical (unpaired) electrons. The summed E-state index contributed by atoms with van der Waals surface area (Å²) in [5.74, 6) is -1.21. The van der Waals surface area contributed by atoms with Crippen LogP contribution in [0.3, 0.4) is 0 Å². The zero-order chi connectivity index (χ0) is 15.3. The van der Waals surface area contributed by atoms with E-state index in [1.54, 1.807) is 6.92 Å². The number of hydrogen-bond donors (Lipinski definition) is 3. The Morgan fingerprint density at radius 3 is 2.55 bits per heavy atom. The summed E-state index contributed by atoms with van der Waals surface area (Å²) in [6, 6.07) is 2.93. The molecule has 0 saturated carbocycles. The van der Waals surface area contributed by atoms with Crippen LogP contribution in [0.5, 0.6) is 5.75 Å². The van der Waals surface area contributed by atoms with Gasteiger partial charge in [0.25, 0.3) is 0 Å². The normalized spacial score (nSPS) is 12.9. The van der Waals surface area contributed by atoms with Crippen molar-refractivity contribution in [2.75, 3.05) is 13.7 Å². The fourth-order valence-electron chi connectivity index (χ4n) is 1.56. The van der Waals surface area contributed by atoms with E-state index < -0.39 is 22.0 Å². The maximum atomic E-state index is 12.1. The van der Waals surface area contributed by atoms with E-state index in [0.29, 0.717) is 6.42 Å². The molecule has 0 saturated heterocycles. The fourth-order valence-corrected chi connectivity index (χ4v) is 2.89. The number of aliphatic hydroxyl groups is 1. The number of nitrogens with one attached hydrogen (secondary N) is 1. The predicted octanol–water partition coefficient (Wildman–Crippen LogP) is 0.443. The molecule has 7 nitrogen and oxygen atoms in total. The minimum absolute atomic E-state index is 0.0747. The van der Waals surface area contributed by atoms with Gasteiger partial charge < -0.3 is 14.9 Å². The summed E-state index contributed by atoms with van der Waals surface area (Å²) < 4.78 is 31.3. The number of sulfonamides is 1. The van der Waals surface area contributed by atoms with Gasteiger partial charge in [0, 0.05) is 6.04 Å². The van der Waals surface area contributed by atoms with Crippen LogP contribution in [-0.2, 0) is 10.0 Å². The first-order chi connectivity index (χ1) is 9.35. The number of hydrogen-bond acceptors (Lipinski definition) is 5. The molecule has 1 aromatic rings. The minimum Gasteiger partial charge on any atom is -0.496 e. The van der Waals surface area contributed by atoms with E-state index in [-0.39, 0.29) is 22.8 Å². The van der Waals surface area contributed by atoms with E-state index in [9.17, 15) is 13.2 Å². The Hall–Kier alpha value is -1.64. The SMILES string of the molecule is CCC(CO)NS(=O)(=O)c1ccc(OC)c(C(=O)O)c1. The van der Waals surface area contributed by atoms with E-state index in [4.69, 9.17) is 14.9 Å². The van der Waals surface area contributed by atoms with Crippen molar-refractivity contribution in [1.82, 2.24) is 4.72 Å². The van der Waals surface area contributed by atoms with Gasteiger partial charge >= 0.3 is 5.97 Å². The van der Waals surface area contributed by atoms with E-state index >= 15 is 0 Å². The van der Waals surface area contributed by atoms with Crippen molar-refractivity contribution in [3.05, 3.63) is 23.8 Å². The number of ether oxygens (including phenoxy) is 1. The molecule has 1 unspecified atom stereocenters. The molecule has 0 heterocycles. The molecule has 1 atom stereocenters. The van der Waals surface area contributed by atoms with Crippen molar-refractivity contribution < 1.29 is 28.2 Å². The van der Waals surface area contributed by atoms with Crippen molar-refractivity contribution in [1.29, 1.82) is 0 Å². The predicted molar refractivity (Wildman–Crippen MR) is 71.4 cm³/mol. The Kier molecular flexibility index (Phi) is 5.49. The van der Waals surface area contributed by atoms with E-state index in [1.165, 1.54) is 19.2 Å². The molecule has 0 amide bonds. The standard InChI is InChI=1S/C12H17NO6S/c1-3-8(7-14)13-20(17,18)9-4-5-11(19-2)10(6-9)12(15)16/h4-6,8,13-14H,3,7H2,1-2H3,(H,15,16). The minimum atomic E-state index is -3.89. The van der Waals surface area contributed by atoms with Gasteiger partial charge in [-0.3, -0.25) is 0 Å². The van der Waals surface area contributed by atoms with Crippen LogP contribution < -0.4 is 9.46 Å². The molecule has 8 heteroatoms. The summed E-state index contributed by atoms with van der Waals surface area (Å²) in [7, 11) is -2.59. The highest BCUT2D eigenvalue weighted by Crippen LogP contribution is 2.22. The quantitative estimate of drug-likeness (QED) is 0.674. The van der Waals surface area contributed by atoms with Crippen LogP contribution in [0.15, 0.2) is 23.1 Å². The largest absolute Gasteiger partial charge is 0.496 e. The zero-order valence-corrected chi connectivity index (χ0v) is 12.0. The summed E-state index contributed by atoms with van der Waals surface area (Å²) in [6.45, 7) is 1.39. The van der Waals surface area contributed by atoms with Crippen LogP contribution in [0.4, 0.5) is 0 Å². The van der Waals surface area contributed by atoms with Crippen LogP contribution in [0, 0.1) is 0 Å². The van der Waals surface area contributed by atoms with Gasteiger partial charge in [0.05, 0.1) is 18.6 Å². The molecule has 0 fully saturated rings. The second kappa shape index (κ2) is 6.69. The fraction of sp³-hybridized carbons (Fsp3) is 0.417. The first kappa shape index (κ1) is 16.4. The first-order valence-corrected chi connectivity index (χ1v) is 7.38. The highest BCUT2D eigenvalue weighted by Gasteiger charge is 2.21. The van der Waals surface area contributed by atoms with Gasteiger partial charge in [-0.05, 0) is 24.6 Å². The van der Waals surface area contributed by atoms with E-state index in [2.05, 4.69) is 4.72 Å². The third-order valence-corrected chi connectivity index (χ3v) is 4.26. The second-order valence-electron chi connectivity index (χ2n) is 4.08. The summed E-state index contributed by atoms with van der Waals surface area (Å²) in [6.07, 6.45) is 0.414. The number of carboxylic acid groups (broad SMARTS) is 1. The number of aliphatic hydroxyl groups excluding tert-OH is 1. The first-order valence-electron chi connectivity index (χ1n) is 5.90. The van der Waals surface area contributed by atoms with Crippen molar-refractivity contribution in [2.45, 2.75) is 24.3 Å². The highest BCUT2D eigenvalue weighted by molar-refractivity contribution is 7.89. The van der Waals surface area contributed by atoms with Crippen molar-refractivity contribution in [3.8, 4) is 5.75 Å². The van der Waals surface area contributed by atoms with Gasteiger partial charge in [0.15, 0.2) is 0 Å². The monoisotopic (exact) mass is 303 g/mol. The third-order valence-electron chi connectivity index (χ3n) is 2.75. The van der Waals surface area contributed by atoms with Gasteiger partial charge in [-0.25, -0.2) is 17.9 Å². The van der Waals surface area contributed by atoms with Crippen LogP contribution in [-0.4, -0.2) is 44.4 Å². The van der Waals surface area contributed by atoms with Gasteiger partial charge in [0.2, 0.25) is 10.0 Å². The Bertz CT molecular complexity index is 580. The Morgan fingerprint density at radius 1 is 1.45 bits per heavy atom. The summed E-state index contributed by atoms with van der Waals surface area (Å²) in [4.78, 5) is 10.9. The zero-order valence-electron chi connectivity index (χ0n) is 11.2. The number of carboxylic acids is 1. The summed E-state index contributed by atoms with van der Waals surface area (Å²) in [5.41, 5.74) is -0.243. The third kappa shape index (κ3) is 3.69. The lowest BCUT2D eigenvalue weighted by molar-refractivity contribution is 0.0693. The Labute approximate surface area is 117 Å². The smallest absolute Gasteiger partial charge is 0.339 e. The van der Waals surface area contributed by atoms with Crippen LogP contribution in [0.2, 0.25) is 0 Å². The maximum Gasteiger partial charge on any atom is 0.339 e. The Morgan fingerprint density at radius 2 is 2.10 bits per heavy atom. The number of rotatable bonds is 7. The van der Waals surface area contributed by atoms with Gasteiger partial charge in [-0.15, -0.1) is 0 Å². The van der Waals surface area contributed by atoms with Crippen molar-refractivity contribution >= 4 is 16.0 Å². The second-order valence-corrected chi connectivity index (χ2v) is 5.79. The van der Waals surface area contributed by atoms with Gasteiger partial charge in [0.1, 0.15) is 11.3 Å². The van der Waals surface area contributed by atoms with Crippen LogP contribution >= 0.6 is 0 Å². The molecular formula is C12H17NO6S. The van der Waals surface area contributed by atoms with Gasteiger partial charge in [-0.1, -0.05) is 6.92 Å². The molecule has 0 aromatic heterocycles. The summed E-state index contributed by atoms with van der Waals surface area (Å²) >= 11 is 0. The molecule has 0 aliphatic carbocycles. The molecule has 0 spiro atoms. The lowest BCUT2D eigenvalue weighted by Gasteiger charge is -2.15.